The van der Waals surface area contributed by atoms with Gasteiger partial charge in [-0.3, -0.25) is 4.90 Å². The van der Waals surface area contributed by atoms with Gasteiger partial charge in [-0.15, -0.1) is 5.10 Å². The van der Waals surface area contributed by atoms with Crippen molar-refractivity contribution in [2.24, 2.45) is 0 Å². The van der Waals surface area contributed by atoms with Crippen LogP contribution in [0.25, 0.3) is 5.65 Å². The standard InChI is InChI=1S/C22H29N7/c23-22-24-15-18(21-25-20(26-29(21)22)17-7-3-1-4-8-17)16-27-11-13-28(14-12-27)19-9-5-2-6-10-19/h2,5-6,9-10,15,17H,1,3-4,7-8,11-14,16H2,(H2,23,24). The lowest BCUT2D eigenvalue weighted by atomic mass is 9.89. The smallest absolute Gasteiger partial charge is 0.223 e. The molecular weight excluding hydrogens is 362 g/mol. The van der Waals surface area contributed by atoms with Gasteiger partial charge in [-0.05, 0) is 25.0 Å². The first-order valence-corrected chi connectivity index (χ1v) is 10.8. The summed E-state index contributed by atoms with van der Waals surface area (Å²) in [4.78, 5) is 14.2. The number of nitrogens with zero attached hydrogens (tertiary/aromatic N) is 6. The van der Waals surface area contributed by atoms with Gasteiger partial charge in [0.25, 0.3) is 0 Å². The van der Waals surface area contributed by atoms with Crippen molar-refractivity contribution >= 4 is 17.3 Å². The molecule has 1 saturated carbocycles. The third kappa shape index (κ3) is 3.79. The lowest BCUT2D eigenvalue weighted by Gasteiger charge is -2.36. The first kappa shape index (κ1) is 18.4. The van der Waals surface area contributed by atoms with Crippen molar-refractivity contribution in [3.8, 4) is 0 Å². The summed E-state index contributed by atoms with van der Waals surface area (Å²) in [6.45, 7) is 4.94. The number of benzene rings is 1. The Kier molecular flexibility index (Phi) is 5.06. The molecule has 152 valence electrons. The number of hydrogen-bond donors (Lipinski definition) is 1. The van der Waals surface area contributed by atoms with Crippen molar-refractivity contribution in [3.63, 3.8) is 0 Å². The average molecular weight is 392 g/mol. The summed E-state index contributed by atoms with van der Waals surface area (Å²) in [5.74, 6) is 1.83. The molecule has 1 aliphatic carbocycles. The highest BCUT2D eigenvalue weighted by Gasteiger charge is 2.23. The summed E-state index contributed by atoms with van der Waals surface area (Å²) in [5.41, 5.74) is 9.41. The molecule has 0 atom stereocenters. The third-order valence-corrected chi connectivity index (χ3v) is 6.34. The van der Waals surface area contributed by atoms with Gasteiger partial charge in [-0.2, -0.15) is 4.52 Å². The molecule has 1 saturated heterocycles. The van der Waals surface area contributed by atoms with Gasteiger partial charge in [-0.1, -0.05) is 37.5 Å². The van der Waals surface area contributed by atoms with Crippen molar-refractivity contribution in [2.45, 2.75) is 44.6 Å². The molecule has 3 aromatic rings. The van der Waals surface area contributed by atoms with Crippen LogP contribution in [0.4, 0.5) is 11.6 Å². The van der Waals surface area contributed by atoms with Gasteiger partial charge in [0.1, 0.15) is 0 Å². The molecule has 0 amide bonds. The molecule has 2 N–H and O–H groups in total. The second-order valence-electron chi connectivity index (χ2n) is 8.28. The first-order chi connectivity index (χ1) is 14.3. The van der Waals surface area contributed by atoms with Gasteiger partial charge in [0.15, 0.2) is 11.5 Å². The topological polar surface area (TPSA) is 75.6 Å². The maximum atomic E-state index is 6.11. The molecule has 0 bridgehead atoms. The Morgan fingerprint density at radius 1 is 0.966 bits per heavy atom. The summed E-state index contributed by atoms with van der Waals surface area (Å²) in [6, 6.07) is 10.7. The fourth-order valence-electron chi connectivity index (χ4n) is 4.64. The molecule has 2 fully saturated rings. The molecule has 7 heteroatoms. The molecule has 0 spiro atoms. The zero-order valence-corrected chi connectivity index (χ0v) is 16.9. The van der Waals surface area contributed by atoms with Crippen LogP contribution < -0.4 is 10.6 Å². The number of anilines is 2. The van der Waals surface area contributed by atoms with E-state index in [0.717, 1.165) is 49.8 Å². The Morgan fingerprint density at radius 2 is 1.72 bits per heavy atom. The van der Waals surface area contributed by atoms with Crippen LogP contribution in [0.1, 0.15) is 49.4 Å². The average Bonchev–Trinajstić information content (AvgIpc) is 3.24. The summed E-state index contributed by atoms with van der Waals surface area (Å²) < 4.78 is 1.75. The van der Waals surface area contributed by atoms with Crippen molar-refractivity contribution in [1.82, 2.24) is 24.5 Å². The zero-order chi connectivity index (χ0) is 19.6. The van der Waals surface area contributed by atoms with E-state index in [0.29, 0.717) is 11.9 Å². The predicted octanol–water partition coefficient (Wildman–Crippen LogP) is 3.08. The number of aromatic nitrogens is 4. The van der Waals surface area contributed by atoms with E-state index in [1.807, 2.05) is 6.20 Å². The SMILES string of the molecule is Nc1ncc(CN2CCN(c3ccccc3)CC2)c2nc(C3CCCCC3)nn12. The van der Waals surface area contributed by atoms with Gasteiger partial charge in [-0.25, -0.2) is 9.97 Å². The molecular formula is C22H29N7. The summed E-state index contributed by atoms with van der Waals surface area (Å²) in [6.07, 6.45) is 8.11. The van der Waals surface area contributed by atoms with Crippen LogP contribution in [0, 0.1) is 0 Å². The van der Waals surface area contributed by atoms with E-state index in [1.165, 1.54) is 37.8 Å². The predicted molar refractivity (Wildman–Crippen MR) is 115 cm³/mol. The van der Waals surface area contributed by atoms with Gasteiger partial charge < -0.3 is 10.6 Å². The normalized spacial score (nSPS) is 19.1. The number of fused-ring (bicyclic) bond motifs is 1. The monoisotopic (exact) mass is 391 g/mol. The van der Waals surface area contributed by atoms with Crippen molar-refractivity contribution in [3.05, 3.63) is 47.9 Å². The fourth-order valence-corrected chi connectivity index (χ4v) is 4.64. The molecule has 1 aliphatic heterocycles. The van der Waals surface area contributed by atoms with E-state index in [9.17, 15) is 0 Å². The van der Waals surface area contributed by atoms with E-state index in [1.54, 1.807) is 4.52 Å². The molecule has 29 heavy (non-hydrogen) atoms. The second kappa shape index (κ2) is 7.99. The number of hydrogen-bond acceptors (Lipinski definition) is 6. The summed E-state index contributed by atoms with van der Waals surface area (Å²) in [5, 5.41) is 4.73. The largest absolute Gasteiger partial charge is 0.369 e. The van der Waals surface area contributed by atoms with Crippen LogP contribution in [-0.2, 0) is 6.54 Å². The fraction of sp³-hybridized carbons (Fsp3) is 0.500. The minimum absolute atomic E-state index is 0.423. The van der Waals surface area contributed by atoms with Gasteiger partial charge in [0.05, 0.1) is 0 Å². The molecule has 3 heterocycles. The molecule has 7 nitrogen and oxygen atoms in total. The minimum Gasteiger partial charge on any atom is -0.369 e. The number of nitrogen functional groups attached to an aromatic ring is 1. The van der Waals surface area contributed by atoms with E-state index in [4.69, 9.17) is 15.8 Å². The van der Waals surface area contributed by atoms with Crippen LogP contribution in [-0.4, -0.2) is 50.7 Å². The Labute approximate surface area is 171 Å². The molecule has 5 rings (SSSR count). The molecule has 0 radical (unpaired) electrons. The zero-order valence-electron chi connectivity index (χ0n) is 16.9. The van der Waals surface area contributed by atoms with Gasteiger partial charge in [0.2, 0.25) is 5.95 Å². The number of piperazine rings is 1. The lowest BCUT2D eigenvalue weighted by Crippen LogP contribution is -2.46. The van der Waals surface area contributed by atoms with Gasteiger partial charge in [0, 0.05) is 56.1 Å². The van der Waals surface area contributed by atoms with Crippen molar-refractivity contribution in [1.29, 1.82) is 0 Å². The quantitative estimate of drug-likeness (QED) is 0.737. The van der Waals surface area contributed by atoms with E-state index in [-0.39, 0.29) is 0 Å². The maximum absolute atomic E-state index is 6.11. The van der Waals surface area contributed by atoms with E-state index < -0.39 is 0 Å². The van der Waals surface area contributed by atoms with Crippen LogP contribution in [0.2, 0.25) is 0 Å². The number of nitrogens with two attached hydrogens (primary N) is 1. The van der Waals surface area contributed by atoms with Crippen LogP contribution in [0.15, 0.2) is 36.5 Å². The third-order valence-electron chi connectivity index (χ3n) is 6.34. The lowest BCUT2D eigenvalue weighted by molar-refractivity contribution is 0.250. The molecule has 1 aromatic carbocycles. The van der Waals surface area contributed by atoms with Crippen LogP contribution in [0.3, 0.4) is 0 Å². The highest BCUT2D eigenvalue weighted by atomic mass is 15.4. The molecule has 0 unspecified atom stereocenters. The van der Waals surface area contributed by atoms with Crippen LogP contribution in [0.5, 0.6) is 0 Å². The first-order valence-electron chi connectivity index (χ1n) is 10.8. The van der Waals surface area contributed by atoms with E-state index in [2.05, 4.69) is 45.1 Å². The molecule has 2 aromatic heterocycles. The Hall–Kier alpha value is -2.67. The van der Waals surface area contributed by atoms with Gasteiger partial charge >= 0.3 is 0 Å². The molecule has 2 aliphatic rings. The number of rotatable bonds is 4. The Morgan fingerprint density at radius 3 is 2.48 bits per heavy atom. The highest BCUT2D eigenvalue weighted by Crippen LogP contribution is 2.31. The minimum atomic E-state index is 0.423. The Bertz CT molecular complexity index is 954. The van der Waals surface area contributed by atoms with Crippen molar-refractivity contribution < 1.29 is 0 Å². The van der Waals surface area contributed by atoms with E-state index >= 15 is 0 Å². The van der Waals surface area contributed by atoms with Crippen molar-refractivity contribution in [2.75, 3.05) is 36.8 Å². The number of para-hydroxylation sites is 1. The maximum Gasteiger partial charge on any atom is 0.223 e. The summed E-state index contributed by atoms with van der Waals surface area (Å²) >= 11 is 0. The van der Waals surface area contributed by atoms with Crippen LogP contribution >= 0.6 is 0 Å². The highest BCUT2D eigenvalue weighted by molar-refractivity contribution is 5.50. The Balaban J connectivity index is 1.31. The summed E-state index contributed by atoms with van der Waals surface area (Å²) in [7, 11) is 0. The second-order valence-corrected chi connectivity index (χ2v) is 8.28.